The van der Waals surface area contributed by atoms with Crippen LogP contribution >= 0.6 is 24.8 Å². The number of pyridine rings is 1. The van der Waals surface area contributed by atoms with Crippen LogP contribution in [0.5, 0.6) is 17.4 Å². The predicted octanol–water partition coefficient (Wildman–Crippen LogP) is 2.67. The summed E-state index contributed by atoms with van der Waals surface area (Å²) in [6, 6.07) is 11.7. The fourth-order valence-electron chi connectivity index (χ4n) is 4.46. The van der Waals surface area contributed by atoms with Crippen molar-refractivity contribution in [3.8, 4) is 17.4 Å². The molecule has 1 N–H and O–H groups in total. The zero-order valence-corrected chi connectivity index (χ0v) is 21.3. The number of fused-ring (bicyclic) bond motifs is 2. The summed E-state index contributed by atoms with van der Waals surface area (Å²) in [4.78, 5) is 15.0. The highest BCUT2D eigenvalue weighted by atomic mass is 35.5. The maximum Gasteiger partial charge on any atom is 0.276 e. The molecule has 11 heteroatoms. The van der Waals surface area contributed by atoms with Crippen molar-refractivity contribution in [2.75, 3.05) is 40.0 Å². The third-order valence-corrected chi connectivity index (χ3v) is 6.36. The summed E-state index contributed by atoms with van der Waals surface area (Å²) in [5.74, 6) is 1.91. The van der Waals surface area contributed by atoms with Crippen molar-refractivity contribution in [3.63, 3.8) is 0 Å². The first-order chi connectivity index (χ1) is 16.2. The Hall–Kier alpha value is -2.59. The molecule has 0 aliphatic carbocycles. The maximum absolute atomic E-state index is 12.5. The number of likely N-dealkylation sites (tertiary alicyclic amines) is 1. The fourth-order valence-corrected chi connectivity index (χ4v) is 4.46. The van der Waals surface area contributed by atoms with Gasteiger partial charge in [-0.15, -0.1) is 29.9 Å². The van der Waals surface area contributed by atoms with Gasteiger partial charge in [0.25, 0.3) is 11.4 Å². The van der Waals surface area contributed by atoms with E-state index in [0.29, 0.717) is 44.0 Å². The van der Waals surface area contributed by atoms with Crippen molar-refractivity contribution in [2.24, 2.45) is 0 Å². The van der Waals surface area contributed by atoms with Gasteiger partial charge in [-0.1, -0.05) is 0 Å². The van der Waals surface area contributed by atoms with E-state index in [9.17, 15) is 4.79 Å². The minimum atomic E-state index is 0. The zero-order chi connectivity index (χ0) is 22.6. The molecule has 0 radical (unpaired) electrons. The lowest BCUT2D eigenvalue weighted by atomic mass is 10.0. The third-order valence-electron chi connectivity index (χ3n) is 6.36. The Morgan fingerprint density at radius 1 is 1.03 bits per heavy atom. The van der Waals surface area contributed by atoms with Crippen LogP contribution in [-0.4, -0.2) is 65.7 Å². The molecule has 2 aliphatic heterocycles. The number of piperidine rings is 1. The molecule has 35 heavy (non-hydrogen) atoms. The minimum absolute atomic E-state index is 0. The van der Waals surface area contributed by atoms with Crippen LogP contribution in [0.4, 0.5) is 0 Å². The largest absolute Gasteiger partial charge is 0.497 e. The molecule has 2 aromatic heterocycles. The monoisotopic (exact) mass is 523 g/mol. The molecule has 1 fully saturated rings. The summed E-state index contributed by atoms with van der Waals surface area (Å²) in [5, 5.41) is 13.0. The Labute approximate surface area is 216 Å². The topological polar surface area (TPSA) is 90.7 Å². The average Bonchev–Trinajstić information content (AvgIpc) is 2.87. The molecule has 0 atom stereocenters. The summed E-state index contributed by atoms with van der Waals surface area (Å²) in [6.07, 6.45) is 2.10. The van der Waals surface area contributed by atoms with Gasteiger partial charge in [-0.3, -0.25) is 4.79 Å². The normalized spacial score (nSPS) is 15.8. The molecule has 1 aromatic carbocycles. The predicted molar refractivity (Wildman–Crippen MR) is 139 cm³/mol. The number of nitrogens with one attached hydrogen (secondary N) is 1. The SMILES string of the molecule is COc1ccc2ccc(=O)n(CCN3CCC(NCc4cc5c(nn4)OCCO5)CC3)c2c1.Cl.Cl. The number of halogens is 2. The molecule has 0 amide bonds. The zero-order valence-electron chi connectivity index (χ0n) is 19.6. The van der Waals surface area contributed by atoms with E-state index in [1.165, 1.54) is 0 Å². The lowest BCUT2D eigenvalue weighted by Gasteiger charge is -2.32. The van der Waals surface area contributed by atoms with E-state index in [0.717, 1.165) is 54.8 Å². The first kappa shape index (κ1) is 27.0. The van der Waals surface area contributed by atoms with Crippen molar-refractivity contribution in [2.45, 2.75) is 32.0 Å². The van der Waals surface area contributed by atoms with E-state index in [1.54, 1.807) is 13.2 Å². The fraction of sp³-hybridized carbons (Fsp3) is 0.458. The van der Waals surface area contributed by atoms with E-state index in [1.807, 2.05) is 34.9 Å². The maximum atomic E-state index is 12.5. The quantitative estimate of drug-likeness (QED) is 0.505. The van der Waals surface area contributed by atoms with Crippen LogP contribution in [0.3, 0.4) is 0 Å². The first-order valence-electron chi connectivity index (χ1n) is 11.4. The Kier molecular flexibility index (Phi) is 9.56. The molecule has 0 spiro atoms. The van der Waals surface area contributed by atoms with E-state index in [-0.39, 0.29) is 30.4 Å². The van der Waals surface area contributed by atoms with E-state index in [2.05, 4.69) is 20.4 Å². The Morgan fingerprint density at radius 2 is 1.80 bits per heavy atom. The number of nitrogens with zero attached hydrogens (tertiary/aromatic N) is 4. The summed E-state index contributed by atoms with van der Waals surface area (Å²) in [7, 11) is 1.64. The lowest BCUT2D eigenvalue weighted by molar-refractivity contribution is 0.161. The number of aromatic nitrogens is 3. The first-order valence-corrected chi connectivity index (χ1v) is 11.4. The van der Waals surface area contributed by atoms with Gasteiger partial charge >= 0.3 is 0 Å². The minimum Gasteiger partial charge on any atom is -0.497 e. The van der Waals surface area contributed by atoms with Crippen LogP contribution in [0.25, 0.3) is 10.9 Å². The third kappa shape index (κ3) is 6.35. The number of ether oxygens (including phenoxy) is 3. The number of benzene rings is 1. The van der Waals surface area contributed by atoms with Crippen LogP contribution in [0.1, 0.15) is 18.5 Å². The van der Waals surface area contributed by atoms with Gasteiger partial charge in [0.2, 0.25) is 0 Å². The van der Waals surface area contributed by atoms with Crippen LogP contribution < -0.4 is 25.1 Å². The molecule has 4 heterocycles. The van der Waals surface area contributed by atoms with Crippen molar-refractivity contribution in [1.82, 2.24) is 25.0 Å². The lowest BCUT2D eigenvalue weighted by Crippen LogP contribution is -2.43. The molecule has 1 saturated heterocycles. The Balaban J connectivity index is 0.00000171. The summed E-state index contributed by atoms with van der Waals surface area (Å²) in [6.45, 7) is 5.20. The number of hydrogen-bond donors (Lipinski definition) is 1. The van der Waals surface area contributed by atoms with Gasteiger partial charge in [-0.2, -0.15) is 5.10 Å². The van der Waals surface area contributed by atoms with E-state index < -0.39 is 0 Å². The van der Waals surface area contributed by atoms with Gasteiger partial charge in [0.05, 0.1) is 18.3 Å². The average molecular weight is 524 g/mol. The molecule has 0 unspecified atom stereocenters. The molecule has 9 nitrogen and oxygen atoms in total. The highest BCUT2D eigenvalue weighted by Crippen LogP contribution is 2.27. The molecule has 0 bridgehead atoms. The molecule has 0 saturated carbocycles. The molecule has 190 valence electrons. The van der Waals surface area contributed by atoms with Crippen molar-refractivity contribution >= 4 is 35.7 Å². The van der Waals surface area contributed by atoms with Crippen LogP contribution in [0.2, 0.25) is 0 Å². The van der Waals surface area contributed by atoms with Gasteiger partial charge in [0.1, 0.15) is 19.0 Å². The standard InChI is InChI=1S/C24H29N5O4.2ClH/c1-31-20-4-2-17-3-5-23(30)29(21(17)15-20)11-10-28-8-6-18(7-9-28)25-16-19-14-22-24(27-26-19)33-13-12-32-22;;/h2-5,14-15,18,25H,6-13,16H2,1H3;2*1H. The van der Waals surface area contributed by atoms with Crippen molar-refractivity contribution in [3.05, 3.63) is 52.4 Å². The number of rotatable bonds is 7. The van der Waals surface area contributed by atoms with Crippen LogP contribution in [0, 0.1) is 0 Å². The summed E-state index contributed by atoms with van der Waals surface area (Å²) in [5.41, 5.74) is 1.79. The second kappa shape index (κ2) is 12.4. The summed E-state index contributed by atoms with van der Waals surface area (Å²) >= 11 is 0. The molecule has 2 aliphatic rings. The number of methoxy groups -OCH3 is 1. The Morgan fingerprint density at radius 3 is 2.60 bits per heavy atom. The van der Waals surface area contributed by atoms with Gasteiger partial charge in [-0.25, -0.2) is 0 Å². The van der Waals surface area contributed by atoms with E-state index in [4.69, 9.17) is 14.2 Å². The van der Waals surface area contributed by atoms with Crippen molar-refractivity contribution < 1.29 is 14.2 Å². The Bertz CT molecular complexity index is 1180. The molecule has 5 rings (SSSR count). The van der Waals surface area contributed by atoms with Gasteiger partial charge in [0.15, 0.2) is 5.75 Å². The van der Waals surface area contributed by atoms with Gasteiger partial charge < -0.3 is 29.0 Å². The highest BCUT2D eigenvalue weighted by Gasteiger charge is 2.20. The van der Waals surface area contributed by atoms with Crippen molar-refractivity contribution in [1.29, 1.82) is 0 Å². The smallest absolute Gasteiger partial charge is 0.276 e. The second-order valence-electron chi connectivity index (χ2n) is 8.45. The highest BCUT2D eigenvalue weighted by molar-refractivity contribution is 5.85. The van der Waals surface area contributed by atoms with Gasteiger partial charge in [-0.05, 0) is 49.5 Å². The van der Waals surface area contributed by atoms with Crippen LogP contribution in [0.15, 0.2) is 41.2 Å². The molecule has 3 aromatic rings. The molecular formula is C24H31Cl2N5O4. The summed E-state index contributed by atoms with van der Waals surface area (Å²) < 4.78 is 18.2. The van der Waals surface area contributed by atoms with E-state index >= 15 is 0 Å². The van der Waals surface area contributed by atoms with Crippen LogP contribution in [-0.2, 0) is 13.1 Å². The molecular weight excluding hydrogens is 493 g/mol. The second-order valence-corrected chi connectivity index (χ2v) is 8.45. The van der Waals surface area contributed by atoms with Gasteiger partial charge in [0, 0.05) is 43.9 Å². The number of hydrogen-bond acceptors (Lipinski definition) is 8.